The van der Waals surface area contributed by atoms with Gasteiger partial charge in [0.15, 0.2) is 0 Å². The molecular weight excluding hydrogens is 290 g/mol. The van der Waals surface area contributed by atoms with Gasteiger partial charge in [0.2, 0.25) is 11.8 Å². The van der Waals surface area contributed by atoms with E-state index < -0.39 is 5.41 Å². The molecule has 0 aliphatic carbocycles. The van der Waals surface area contributed by atoms with Gasteiger partial charge in [-0.1, -0.05) is 42.5 Å². The summed E-state index contributed by atoms with van der Waals surface area (Å²) < 4.78 is 5.15. The molecule has 23 heavy (non-hydrogen) atoms. The van der Waals surface area contributed by atoms with Crippen LogP contribution in [0, 0.1) is 0 Å². The van der Waals surface area contributed by atoms with E-state index in [1.54, 1.807) is 7.11 Å². The standard InChI is InChI=1S/C19H19NO3/c1-19(15-8-10-16(23-2)11-9-15)12-17(21)20(18(19)22)13-14-6-4-3-5-7-14/h3-11H,12-13H2,1-2H3/t19-/m1/s1. The highest BCUT2D eigenvalue weighted by Gasteiger charge is 2.49. The molecule has 1 aliphatic heterocycles. The van der Waals surface area contributed by atoms with Gasteiger partial charge in [0.25, 0.3) is 0 Å². The summed E-state index contributed by atoms with van der Waals surface area (Å²) in [7, 11) is 1.60. The number of ether oxygens (including phenoxy) is 1. The molecule has 0 unspecified atom stereocenters. The van der Waals surface area contributed by atoms with Crippen molar-refractivity contribution in [2.45, 2.75) is 25.3 Å². The second kappa shape index (κ2) is 5.88. The molecule has 3 rings (SSSR count). The Morgan fingerprint density at radius 1 is 1.04 bits per heavy atom. The molecule has 1 fully saturated rings. The SMILES string of the molecule is COc1ccc([C@@]2(C)CC(=O)N(Cc3ccccc3)C2=O)cc1. The first kappa shape index (κ1) is 15.3. The maximum absolute atomic E-state index is 12.9. The summed E-state index contributed by atoms with van der Waals surface area (Å²) in [5, 5.41) is 0. The van der Waals surface area contributed by atoms with Crippen molar-refractivity contribution in [3.8, 4) is 5.75 Å². The minimum atomic E-state index is -0.807. The van der Waals surface area contributed by atoms with Gasteiger partial charge < -0.3 is 4.74 Å². The first-order valence-corrected chi connectivity index (χ1v) is 7.58. The average molecular weight is 309 g/mol. The highest BCUT2D eigenvalue weighted by Crippen LogP contribution is 2.37. The van der Waals surface area contributed by atoms with Gasteiger partial charge in [-0.05, 0) is 30.2 Å². The van der Waals surface area contributed by atoms with Crippen molar-refractivity contribution >= 4 is 11.8 Å². The van der Waals surface area contributed by atoms with E-state index in [0.717, 1.165) is 16.9 Å². The lowest BCUT2D eigenvalue weighted by molar-refractivity contribution is -0.140. The van der Waals surface area contributed by atoms with Crippen LogP contribution in [0.3, 0.4) is 0 Å². The molecule has 1 atom stereocenters. The molecule has 1 aliphatic rings. The van der Waals surface area contributed by atoms with Crippen LogP contribution in [0.2, 0.25) is 0 Å². The molecule has 0 bridgehead atoms. The van der Waals surface area contributed by atoms with E-state index in [9.17, 15) is 9.59 Å². The van der Waals surface area contributed by atoms with E-state index >= 15 is 0 Å². The lowest BCUT2D eigenvalue weighted by Crippen LogP contribution is -2.36. The van der Waals surface area contributed by atoms with Gasteiger partial charge in [-0.25, -0.2) is 0 Å². The Morgan fingerprint density at radius 3 is 2.30 bits per heavy atom. The molecule has 0 spiro atoms. The predicted molar refractivity (Wildman–Crippen MR) is 87.0 cm³/mol. The number of rotatable bonds is 4. The van der Waals surface area contributed by atoms with Crippen LogP contribution in [0.5, 0.6) is 5.75 Å². The number of hydrogen-bond acceptors (Lipinski definition) is 3. The molecule has 2 aromatic rings. The summed E-state index contributed by atoms with van der Waals surface area (Å²) in [5.74, 6) is 0.462. The van der Waals surface area contributed by atoms with Crippen LogP contribution in [-0.2, 0) is 21.5 Å². The van der Waals surface area contributed by atoms with E-state index in [4.69, 9.17) is 4.74 Å². The van der Waals surface area contributed by atoms with Crippen LogP contribution in [0.15, 0.2) is 54.6 Å². The highest BCUT2D eigenvalue weighted by molar-refractivity contribution is 6.08. The zero-order valence-electron chi connectivity index (χ0n) is 13.3. The van der Waals surface area contributed by atoms with E-state index in [1.807, 2.05) is 61.5 Å². The van der Waals surface area contributed by atoms with Crippen molar-refractivity contribution < 1.29 is 14.3 Å². The fourth-order valence-electron chi connectivity index (χ4n) is 3.00. The molecule has 2 aromatic carbocycles. The number of carbonyl (C=O) groups is 2. The summed E-state index contributed by atoms with van der Waals surface area (Å²) >= 11 is 0. The number of nitrogens with zero attached hydrogens (tertiary/aromatic N) is 1. The lowest BCUT2D eigenvalue weighted by Gasteiger charge is -2.23. The highest BCUT2D eigenvalue weighted by atomic mass is 16.5. The summed E-state index contributed by atoms with van der Waals surface area (Å²) in [6.07, 6.45) is 0.199. The minimum absolute atomic E-state index is 0.128. The van der Waals surface area contributed by atoms with Gasteiger partial charge in [0.05, 0.1) is 19.1 Å². The van der Waals surface area contributed by atoms with Gasteiger partial charge >= 0.3 is 0 Å². The van der Waals surface area contributed by atoms with Gasteiger partial charge in [-0.2, -0.15) is 0 Å². The number of likely N-dealkylation sites (tertiary alicyclic amines) is 1. The Hall–Kier alpha value is -2.62. The molecule has 0 saturated carbocycles. The normalized spacial score (nSPS) is 20.9. The van der Waals surface area contributed by atoms with Crippen LogP contribution in [0.1, 0.15) is 24.5 Å². The fraction of sp³-hybridized carbons (Fsp3) is 0.263. The number of amides is 2. The summed E-state index contributed by atoms with van der Waals surface area (Å²) in [5.41, 5.74) is 0.985. The predicted octanol–water partition coefficient (Wildman–Crippen LogP) is 2.91. The molecule has 118 valence electrons. The summed E-state index contributed by atoms with van der Waals surface area (Å²) in [6.45, 7) is 2.16. The van der Waals surface area contributed by atoms with E-state index in [2.05, 4.69) is 0 Å². The smallest absolute Gasteiger partial charge is 0.240 e. The Bertz CT molecular complexity index is 724. The molecule has 1 heterocycles. The monoisotopic (exact) mass is 309 g/mol. The van der Waals surface area contributed by atoms with Crippen molar-refractivity contribution in [1.29, 1.82) is 0 Å². The molecule has 2 amide bonds. The number of imide groups is 1. The number of benzene rings is 2. The zero-order valence-corrected chi connectivity index (χ0v) is 13.3. The van der Waals surface area contributed by atoms with Crippen LogP contribution < -0.4 is 4.74 Å². The molecule has 0 N–H and O–H groups in total. The van der Waals surface area contributed by atoms with Gasteiger partial charge in [-0.15, -0.1) is 0 Å². The second-order valence-corrected chi connectivity index (χ2v) is 6.01. The molecular formula is C19H19NO3. The summed E-state index contributed by atoms with van der Waals surface area (Å²) in [4.78, 5) is 26.6. The Labute approximate surface area is 135 Å². The number of hydrogen-bond donors (Lipinski definition) is 0. The van der Waals surface area contributed by atoms with Gasteiger partial charge in [-0.3, -0.25) is 14.5 Å². The lowest BCUT2D eigenvalue weighted by atomic mass is 9.81. The third-order valence-corrected chi connectivity index (χ3v) is 4.43. The molecule has 4 nitrogen and oxygen atoms in total. The van der Waals surface area contributed by atoms with Crippen LogP contribution in [-0.4, -0.2) is 23.8 Å². The Morgan fingerprint density at radius 2 is 1.70 bits per heavy atom. The topological polar surface area (TPSA) is 46.6 Å². The Balaban J connectivity index is 1.87. The molecule has 0 aromatic heterocycles. The van der Waals surface area contributed by atoms with Crippen LogP contribution in [0.25, 0.3) is 0 Å². The minimum Gasteiger partial charge on any atom is -0.497 e. The third-order valence-electron chi connectivity index (χ3n) is 4.43. The van der Waals surface area contributed by atoms with Gasteiger partial charge in [0.1, 0.15) is 5.75 Å². The number of carbonyl (C=O) groups excluding carboxylic acids is 2. The molecule has 1 saturated heterocycles. The van der Waals surface area contributed by atoms with Gasteiger partial charge in [0, 0.05) is 6.42 Å². The van der Waals surface area contributed by atoms with E-state index in [0.29, 0.717) is 6.54 Å². The summed E-state index contributed by atoms with van der Waals surface area (Å²) in [6, 6.07) is 16.9. The second-order valence-electron chi connectivity index (χ2n) is 6.01. The number of methoxy groups -OCH3 is 1. The van der Waals surface area contributed by atoms with Crippen molar-refractivity contribution in [3.63, 3.8) is 0 Å². The molecule has 0 radical (unpaired) electrons. The zero-order chi connectivity index (χ0) is 16.4. The Kier molecular flexibility index (Phi) is 3.90. The fourth-order valence-corrected chi connectivity index (χ4v) is 3.00. The van der Waals surface area contributed by atoms with Crippen LogP contribution in [0.4, 0.5) is 0 Å². The van der Waals surface area contributed by atoms with Crippen molar-refractivity contribution in [2.75, 3.05) is 7.11 Å². The van der Waals surface area contributed by atoms with Crippen molar-refractivity contribution in [2.24, 2.45) is 0 Å². The average Bonchev–Trinajstić information content (AvgIpc) is 2.80. The quantitative estimate of drug-likeness (QED) is 0.816. The maximum atomic E-state index is 12.9. The van der Waals surface area contributed by atoms with Crippen molar-refractivity contribution in [3.05, 3.63) is 65.7 Å². The largest absolute Gasteiger partial charge is 0.497 e. The third kappa shape index (κ3) is 2.72. The van der Waals surface area contributed by atoms with Crippen LogP contribution >= 0.6 is 0 Å². The van der Waals surface area contributed by atoms with E-state index in [1.165, 1.54) is 4.90 Å². The maximum Gasteiger partial charge on any atom is 0.240 e. The first-order chi connectivity index (χ1) is 11.0. The molecule has 4 heteroatoms. The van der Waals surface area contributed by atoms with Crippen molar-refractivity contribution in [1.82, 2.24) is 4.90 Å². The van der Waals surface area contributed by atoms with E-state index in [-0.39, 0.29) is 18.2 Å². The first-order valence-electron chi connectivity index (χ1n) is 7.58.